The second-order valence-electron chi connectivity index (χ2n) is 3.67. The Labute approximate surface area is 103 Å². The van der Waals surface area contributed by atoms with Crippen LogP contribution in [-0.4, -0.2) is 16.0 Å². The molecular formula is C13H11FN2O2. The summed E-state index contributed by atoms with van der Waals surface area (Å²) in [7, 11) is 0. The van der Waals surface area contributed by atoms with Gasteiger partial charge in [-0.1, -0.05) is 6.07 Å². The van der Waals surface area contributed by atoms with E-state index in [-0.39, 0.29) is 17.9 Å². The smallest absolute Gasteiger partial charge is 0.258 e. The van der Waals surface area contributed by atoms with E-state index in [4.69, 9.17) is 0 Å². The van der Waals surface area contributed by atoms with Crippen molar-refractivity contribution in [3.63, 3.8) is 0 Å². The van der Waals surface area contributed by atoms with E-state index in [0.717, 1.165) is 11.6 Å². The third-order valence-electron chi connectivity index (χ3n) is 2.42. The van der Waals surface area contributed by atoms with Crippen molar-refractivity contribution in [2.75, 3.05) is 0 Å². The molecule has 5 heteroatoms. The average molecular weight is 246 g/mol. The molecule has 0 aliphatic carbocycles. The molecule has 0 atom stereocenters. The normalized spacial score (nSPS) is 10.1. The van der Waals surface area contributed by atoms with E-state index in [2.05, 4.69) is 10.3 Å². The summed E-state index contributed by atoms with van der Waals surface area (Å²) >= 11 is 0. The standard InChI is InChI=1S/C13H11FN2O2/c14-10-2-1-3-11(17)12(10)13(18)16-8-9-4-6-15-7-5-9/h1-7,17H,8H2,(H,16,18). The Kier molecular flexibility index (Phi) is 3.52. The van der Waals surface area contributed by atoms with Crippen LogP contribution in [0.3, 0.4) is 0 Å². The molecule has 2 N–H and O–H groups in total. The number of rotatable bonds is 3. The quantitative estimate of drug-likeness (QED) is 0.868. The number of hydrogen-bond acceptors (Lipinski definition) is 3. The zero-order valence-electron chi connectivity index (χ0n) is 9.43. The number of carbonyl (C=O) groups excluding carboxylic acids is 1. The van der Waals surface area contributed by atoms with Crippen molar-refractivity contribution in [3.8, 4) is 5.75 Å². The van der Waals surface area contributed by atoms with E-state index < -0.39 is 11.7 Å². The van der Waals surface area contributed by atoms with Gasteiger partial charge in [-0.25, -0.2) is 4.39 Å². The first-order chi connectivity index (χ1) is 8.68. The van der Waals surface area contributed by atoms with Crippen LogP contribution >= 0.6 is 0 Å². The number of benzene rings is 1. The van der Waals surface area contributed by atoms with Gasteiger partial charge in [0.05, 0.1) is 0 Å². The lowest BCUT2D eigenvalue weighted by Crippen LogP contribution is -2.23. The summed E-state index contributed by atoms with van der Waals surface area (Å²) in [5, 5.41) is 12.0. The monoisotopic (exact) mass is 246 g/mol. The molecule has 0 spiro atoms. The lowest BCUT2D eigenvalue weighted by Gasteiger charge is -2.07. The summed E-state index contributed by atoms with van der Waals surface area (Å²) in [4.78, 5) is 15.6. The number of hydrogen-bond donors (Lipinski definition) is 2. The number of nitrogens with one attached hydrogen (secondary N) is 1. The maximum atomic E-state index is 13.4. The van der Waals surface area contributed by atoms with E-state index in [1.165, 1.54) is 12.1 Å². The van der Waals surface area contributed by atoms with E-state index in [1.807, 2.05) is 0 Å². The average Bonchev–Trinajstić information content (AvgIpc) is 2.37. The van der Waals surface area contributed by atoms with Gasteiger partial charge in [0.25, 0.3) is 5.91 Å². The fourth-order valence-corrected chi connectivity index (χ4v) is 1.51. The van der Waals surface area contributed by atoms with Crippen molar-refractivity contribution < 1.29 is 14.3 Å². The Morgan fingerprint density at radius 2 is 2.00 bits per heavy atom. The fourth-order valence-electron chi connectivity index (χ4n) is 1.51. The molecule has 0 saturated carbocycles. The Bertz CT molecular complexity index is 538. The number of halogens is 1. The third-order valence-corrected chi connectivity index (χ3v) is 2.42. The number of amides is 1. The molecule has 0 unspecified atom stereocenters. The van der Waals surface area contributed by atoms with Gasteiger partial charge in [-0.05, 0) is 29.8 Å². The molecule has 92 valence electrons. The molecule has 0 aliphatic rings. The molecule has 0 saturated heterocycles. The van der Waals surface area contributed by atoms with E-state index in [1.54, 1.807) is 24.5 Å². The first-order valence-electron chi connectivity index (χ1n) is 5.33. The summed E-state index contributed by atoms with van der Waals surface area (Å²) in [5.41, 5.74) is 0.501. The molecule has 2 rings (SSSR count). The molecule has 1 amide bonds. The molecular weight excluding hydrogens is 235 g/mol. The molecule has 18 heavy (non-hydrogen) atoms. The van der Waals surface area contributed by atoms with Crippen molar-refractivity contribution in [3.05, 3.63) is 59.7 Å². The summed E-state index contributed by atoms with van der Waals surface area (Å²) in [5.74, 6) is -1.77. The maximum absolute atomic E-state index is 13.4. The zero-order chi connectivity index (χ0) is 13.0. The molecule has 0 aliphatic heterocycles. The Hall–Kier alpha value is -2.43. The van der Waals surface area contributed by atoms with Crippen LogP contribution in [0.4, 0.5) is 4.39 Å². The van der Waals surface area contributed by atoms with Crippen LogP contribution < -0.4 is 5.32 Å². The van der Waals surface area contributed by atoms with Crippen LogP contribution in [0.15, 0.2) is 42.7 Å². The highest BCUT2D eigenvalue weighted by Crippen LogP contribution is 2.19. The maximum Gasteiger partial charge on any atom is 0.258 e. The third kappa shape index (κ3) is 2.63. The minimum atomic E-state index is -0.748. The van der Waals surface area contributed by atoms with Gasteiger partial charge in [-0.15, -0.1) is 0 Å². The molecule has 1 heterocycles. The lowest BCUT2D eigenvalue weighted by molar-refractivity contribution is 0.0944. The highest BCUT2D eigenvalue weighted by molar-refractivity contribution is 5.97. The fraction of sp³-hybridized carbons (Fsp3) is 0.0769. The summed E-state index contributed by atoms with van der Waals surface area (Å²) in [6, 6.07) is 7.21. The largest absolute Gasteiger partial charge is 0.507 e. The summed E-state index contributed by atoms with van der Waals surface area (Å²) in [6.07, 6.45) is 3.20. The van der Waals surface area contributed by atoms with Crippen LogP contribution in [0.25, 0.3) is 0 Å². The first-order valence-corrected chi connectivity index (χ1v) is 5.33. The highest BCUT2D eigenvalue weighted by Gasteiger charge is 2.15. The molecule has 2 aromatic rings. The van der Waals surface area contributed by atoms with Gasteiger partial charge in [0, 0.05) is 18.9 Å². The van der Waals surface area contributed by atoms with Crippen LogP contribution in [0.2, 0.25) is 0 Å². The van der Waals surface area contributed by atoms with Crippen LogP contribution in [0.5, 0.6) is 5.75 Å². The first kappa shape index (κ1) is 12.0. The number of carbonyl (C=O) groups is 1. The van der Waals surface area contributed by atoms with Gasteiger partial charge in [0.15, 0.2) is 0 Å². The zero-order valence-corrected chi connectivity index (χ0v) is 9.43. The van der Waals surface area contributed by atoms with Gasteiger partial charge < -0.3 is 10.4 Å². The summed E-state index contributed by atoms with van der Waals surface area (Å²) < 4.78 is 13.4. The summed E-state index contributed by atoms with van der Waals surface area (Å²) in [6.45, 7) is 0.245. The molecule has 4 nitrogen and oxygen atoms in total. The van der Waals surface area contributed by atoms with Gasteiger partial charge in [0.2, 0.25) is 0 Å². The number of aromatic nitrogens is 1. The van der Waals surface area contributed by atoms with Gasteiger partial charge in [0.1, 0.15) is 17.1 Å². The molecule has 1 aromatic carbocycles. The van der Waals surface area contributed by atoms with Crippen molar-refractivity contribution in [1.82, 2.24) is 10.3 Å². The van der Waals surface area contributed by atoms with Crippen LogP contribution in [-0.2, 0) is 6.54 Å². The minimum absolute atomic E-state index is 0.245. The topological polar surface area (TPSA) is 62.2 Å². The Morgan fingerprint density at radius 3 is 2.67 bits per heavy atom. The second-order valence-corrected chi connectivity index (χ2v) is 3.67. The predicted molar refractivity (Wildman–Crippen MR) is 63.5 cm³/mol. The van der Waals surface area contributed by atoms with E-state index in [9.17, 15) is 14.3 Å². The van der Waals surface area contributed by atoms with Gasteiger partial charge in [-0.2, -0.15) is 0 Å². The van der Waals surface area contributed by atoms with Crippen LogP contribution in [0, 0.1) is 5.82 Å². The van der Waals surface area contributed by atoms with Crippen molar-refractivity contribution in [2.45, 2.75) is 6.54 Å². The van der Waals surface area contributed by atoms with E-state index >= 15 is 0 Å². The van der Waals surface area contributed by atoms with Crippen molar-refractivity contribution in [1.29, 1.82) is 0 Å². The van der Waals surface area contributed by atoms with Crippen LogP contribution in [0.1, 0.15) is 15.9 Å². The molecule has 1 aromatic heterocycles. The minimum Gasteiger partial charge on any atom is -0.507 e. The Morgan fingerprint density at radius 1 is 1.28 bits per heavy atom. The number of phenols is 1. The number of nitrogens with zero attached hydrogens (tertiary/aromatic N) is 1. The predicted octanol–water partition coefficient (Wildman–Crippen LogP) is 1.86. The molecule has 0 fully saturated rings. The second kappa shape index (κ2) is 5.27. The lowest BCUT2D eigenvalue weighted by atomic mass is 10.1. The van der Waals surface area contributed by atoms with E-state index in [0.29, 0.717) is 0 Å². The SMILES string of the molecule is O=C(NCc1ccncc1)c1c(O)cccc1F. The highest BCUT2D eigenvalue weighted by atomic mass is 19.1. The van der Waals surface area contributed by atoms with Gasteiger partial charge >= 0.3 is 0 Å². The van der Waals surface area contributed by atoms with Crippen molar-refractivity contribution in [2.24, 2.45) is 0 Å². The number of phenolic OH excluding ortho intramolecular Hbond substituents is 1. The molecule has 0 radical (unpaired) electrons. The number of aromatic hydroxyl groups is 1. The van der Waals surface area contributed by atoms with Crippen molar-refractivity contribution >= 4 is 5.91 Å². The number of pyridine rings is 1. The molecule has 0 bridgehead atoms. The Balaban J connectivity index is 2.09. The van der Waals surface area contributed by atoms with Gasteiger partial charge in [-0.3, -0.25) is 9.78 Å².